The van der Waals surface area contributed by atoms with Crippen LogP contribution in [0.3, 0.4) is 0 Å². The van der Waals surface area contributed by atoms with E-state index in [1.54, 1.807) is 18.2 Å². The molecule has 7 nitrogen and oxygen atoms in total. The molecule has 2 aliphatic rings. The highest BCUT2D eigenvalue weighted by atomic mass is 32.2. The highest BCUT2D eigenvalue weighted by Gasteiger charge is 2.15. The summed E-state index contributed by atoms with van der Waals surface area (Å²) in [5.74, 6) is 1.15. The largest absolute Gasteiger partial charge is 0.486 e. The van der Waals surface area contributed by atoms with E-state index in [0.717, 1.165) is 11.8 Å². The lowest BCUT2D eigenvalue weighted by Gasteiger charge is -2.19. The zero-order valence-electron chi connectivity index (χ0n) is 12.1. The Kier molecular flexibility index (Phi) is 4.42. The van der Waals surface area contributed by atoms with E-state index in [-0.39, 0.29) is 11.7 Å². The summed E-state index contributed by atoms with van der Waals surface area (Å²) in [5.41, 5.74) is 1.13. The van der Waals surface area contributed by atoms with Crippen molar-refractivity contribution in [1.29, 1.82) is 0 Å². The number of hydrogen-bond acceptors (Lipinski definition) is 5. The van der Waals surface area contributed by atoms with Crippen LogP contribution in [0.15, 0.2) is 40.3 Å². The molecule has 118 valence electrons. The molecule has 0 radical (unpaired) electrons. The molecule has 0 atom stereocenters. The molecule has 23 heavy (non-hydrogen) atoms. The van der Waals surface area contributed by atoms with Crippen molar-refractivity contribution in [2.24, 2.45) is 9.98 Å². The van der Waals surface area contributed by atoms with Crippen LogP contribution in [0.5, 0.6) is 11.5 Å². The van der Waals surface area contributed by atoms with Crippen LogP contribution in [0.1, 0.15) is 0 Å². The number of thioether (sulfide) groups is 1. The molecule has 0 saturated heterocycles. The number of amides is 3. The number of carbonyl (C=O) groups is 2. The maximum absolute atomic E-state index is 12.0. The van der Waals surface area contributed by atoms with Gasteiger partial charge in [-0.25, -0.2) is 4.79 Å². The van der Waals surface area contributed by atoms with Crippen LogP contribution in [-0.2, 0) is 4.79 Å². The number of nitrogens with one attached hydrogen (secondary N) is 1. The third-order valence-corrected chi connectivity index (χ3v) is 4.00. The van der Waals surface area contributed by atoms with Crippen LogP contribution in [0.4, 0.5) is 10.5 Å². The van der Waals surface area contributed by atoms with Crippen molar-refractivity contribution in [2.45, 2.75) is 0 Å². The first kappa shape index (κ1) is 15.3. The van der Waals surface area contributed by atoms with E-state index in [2.05, 4.69) is 21.9 Å². The lowest BCUT2D eigenvalue weighted by molar-refractivity contribution is -0.113. The average molecular weight is 331 g/mol. The van der Waals surface area contributed by atoms with Crippen molar-refractivity contribution in [2.75, 3.05) is 24.3 Å². The summed E-state index contributed by atoms with van der Waals surface area (Å²) >= 11 is 1.14. The van der Waals surface area contributed by atoms with Crippen molar-refractivity contribution in [1.82, 2.24) is 0 Å². The van der Waals surface area contributed by atoms with Crippen molar-refractivity contribution < 1.29 is 19.1 Å². The summed E-state index contributed by atoms with van der Waals surface area (Å²) in [5, 5.41) is 3.16. The Bertz CT molecular complexity index is 742. The molecular weight excluding hydrogens is 318 g/mol. The van der Waals surface area contributed by atoms with Crippen molar-refractivity contribution in [3.63, 3.8) is 0 Å². The Balaban J connectivity index is 1.57. The molecule has 3 rings (SSSR count). The van der Waals surface area contributed by atoms with Gasteiger partial charge in [-0.15, -0.1) is 0 Å². The highest BCUT2D eigenvalue weighted by molar-refractivity contribution is 8.15. The average Bonchev–Trinajstić information content (AvgIpc) is 2.55. The minimum atomic E-state index is -0.591. The lowest BCUT2D eigenvalue weighted by Crippen LogP contribution is -2.18. The van der Waals surface area contributed by atoms with Gasteiger partial charge in [0.1, 0.15) is 18.3 Å². The Morgan fingerprint density at radius 1 is 1.30 bits per heavy atom. The summed E-state index contributed by atoms with van der Waals surface area (Å²) in [4.78, 5) is 30.4. The van der Waals surface area contributed by atoms with E-state index in [1.165, 1.54) is 6.21 Å². The first-order valence-corrected chi connectivity index (χ1v) is 7.79. The number of urea groups is 1. The van der Waals surface area contributed by atoms with E-state index >= 15 is 0 Å². The van der Waals surface area contributed by atoms with E-state index in [9.17, 15) is 9.59 Å². The van der Waals surface area contributed by atoms with E-state index in [4.69, 9.17) is 9.47 Å². The van der Waals surface area contributed by atoms with Crippen LogP contribution in [0, 0.1) is 0 Å². The third kappa shape index (κ3) is 3.78. The molecule has 1 aromatic rings. The fourth-order valence-corrected chi connectivity index (χ4v) is 2.67. The van der Waals surface area contributed by atoms with Crippen LogP contribution in [-0.4, -0.2) is 42.2 Å². The summed E-state index contributed by atoms with van der Waals surface area (Å²) in [7, 11) is 0. The van der Waals surface area contributed by atoms with Gasteiger partial charge in [0.15, 0.2) is 11.5 Å². The zero-order valence-corrected chi connectivity index (χ0v) is 12.9. The van der Waals surface area contributed by atoms with Gasteiger partial charge in [-0.2, -0.15) is 9.98 Å². The smallest absolute Gasteiger partial charge is 0.368 e. The Morgan fingerprint density at radius 2 is 2.09 bits per heavy atom. The number of hydrogen-bond donors (Lipinski definition) is 1. The minimum Gasteiger partial charge on any atom is -0.486 e. The van der Waals surface area contributed by atoms with Crippen LogP contribution < -0.4 is 14.8 Å². The van der Waals surface area contributed by atoms with E-state index in [0.29, 0.717) is 41.0 Å². The lowest BCUT2D eigenvalue weighted by atomic mass is 10.2. The second kappa shape index (κ2) is 6.66. The standard InChI is InChI=1S/C15H13N3O4S/c1-9-7-16-15(20)18-14(9)23-8-13(19)17-10-2-3-11-12(6-10)22-5-4-21-11/h2-3,6-7H,1,4-5,8H2,(H,17,19). The first-order chi connectivity index (χ1) is 11.1. The van der Waals surface area contributed by atoms with Crippen molar-refractivity contribution in [3.05, 3.63) is 30.4 Å². The Morgan fingerprint density at radius 3 is 2.91 bits per heavy atom. The quantitative estimate of drug-likeness (QED) is 0.918. The summed E-state index contributed by atoms with van der Waals surface area (Å²) < 4.78 is 10.9. The van der Waals surface area contributed by atoms with Crippen LogP contribution >= 0.6 is 11.8 Å². The van der Waals surface area contributed by atoms with Gasteiger partial charge in [0, 0.05) is 23.5 Å². The molecular formula is C15H13N3O4S. The SMILES string of the molecule is C=C1C=NC(=O)N=C1SCC(=O)Nc1ccc2c(c1)OCCO2. The normalized spacial score (nSPS) is 16.1. The van der Waals surface area contributed by atoms with Crippen LogP contribution in [0.2, 0.25) is 0 Å². The Hall–Kier alpha value is -2.61. The molecule has 2 heterocycles. The molecule has 0 spiro atoms. The van der Waals surface area contributed by atoms with Crippen molar-refractivity contribution in [3.8, 4) is 11.5 Å². The predicted molar refractivity (Wildman–Crippen MR) is 89.0 cm³/mol. The number of anilines is 1. The van der Waals surface area contributed by atoms with Gasteiger partial charge in [-0.1, -0.05) is 18.3 Å². The maximum atomic E-state index is 12.0. The second-order valence-electron chi connectivity index (χ2n) is 4.68. The Labute approximate surface area is 136 Å². The van der Waals surface area contributed by atoms with E-state index < -0.39 is 6.03 Å². The molecule has 0 aromatic heterocycles. The predicted octanol–water partition coefficient (Wildman–Crippen LogP) is 2.29. The summed E-state index contributed by atoms with van der Waals surface area (Å²) in [6.07, 6.45) is 1.34. The molecule has 2 aliphatic heterocycles. The van der Waals surface area contributed by atoms with Gasteiger partial charge in [-0.3, -0.25) is 4.79 Å². The van der Waals surface area contributed by atoms with E-state index in [1.807, 2.05) is 0 Å². The fourth-order valence-electron chi connectivity index (χ4n) is 1.95. The number of fused-ring (bicyclic) bond motifs is 1. The zero-order chi connectivity index (χ0) is 16.2. The molecule has 3 amide bonds. The van der Waals surface area contributed by atoms with Gasteiger partial charge in [0.2, 0.25) is 5.91 Å². The number of benzene rings is 1. The first-order valence-electron chi connectivity index (χ1n) is 6.80. The topological polar surface area (TPSA) is 89.4 Å². The molecule has 0 aliphatic carbocycles. The third-order valence-electron chi connectivity index (χ3n) is 2.97. The number of nitrogens with zero attached hydrogens (tertiary/aromatic N) is 2. The fraction of sp³-hybridized carbons (Fsp3) is 0.200. The van der Waals surface area contributed by atoms with Gasteiger partial charge >= 0.3 is 6.03 Å². The monoisotopic (exact) mass is 331 g/mol. The van der Waals surface area contributed by atoms with Crippen molar-refractivity contribution >= 4 is 40.6 Å². The molecule has 0 saturated carbocycles. The summed E-state index contributed by atoms with van der Waals surface area (Å²) in [6.45, 7) is 4.73. The molecule has 0 bridgehead atoms. The van der Waals surface area contributed by atoms with Gasteiger partial charge in [0.25, 0.3) is 0 Å². The number of carbonyl (C=O) groups excluding carboxylic acids is 2. The van der Waals surface area contributed by atoms with Gasteiger partial charge in [0.05, 0.1) is 5.75 Å². The van der Waals surface area contributed by atoms with Gasteiger partial charge < -0.3 is 14.8 Å². The van der Waals surface area contributed by atoms with Crippen LogP contribution in [0.25, 0.3) is 0 Å². The molecule has 1 N–H and O–H groups in total. The van der Waals surface area contributed by atoms with Gasteiger partial charge in [-0.05, 0) is 12.1 Å². The summed E-state index contributed by atoms with van der Waals surface area (Å²) in [6, 6.07) is 4.61. The molecule has 0 unspecified atom stereocenters. The highest BCUT2D eigenvalue weighted by Crippen LogP contribution is 2.32. The minimum absolute atomic E-state index is 0.105. The number of aliphatic imine (C=N–C) groups is 2. The maximum Gasteiger partial charge on any atom is 0.368 e. The molecule has 0 fully saturated rings. The molecule has 1 aromatic carbocycles. The number of rotatable bonds is 3. The molecule has 8 heteroatoms. The number of ether oxygens (including phenoxy) is 2. The second-order valence-corrected chi connectivity index (χ2v) is 5.64.